The molecule has 0 aliphatic heterocycles. The van der Waals surface area contributed by atoms with Crippen LogP contribution in [-0.2, 0) is 16.4 Å². The zero-order valence-corrected chi connectivity index (χ0v) is 22.8. The second-order valence-corrected chi connectivity index (χ2v) is 12.2. The maximum atomic E-state index is 15.0. The van der Waals surface area contributed by atoms with Crippen LogP contribution in [0.25, 0.3) is 22.4 Å². The van der Waals surface area contributed by atoms with Crippen LogP contribution in [0.3, 0.4) is 0 Å². The first-order chi connectivity index (χ1) is 18.8. The minimum absolute atomic E-state index is 0.00831. The van der Waals surface area contributed by atoms with Crippen LogP contribution < -0.4 is 11.1 Å². The second kappa shape index (κ2) is 9.93. The summed E-state index contributed by atoms with van der Waals surface area (Å²) < 4.78 is 61.8. The zero-order chi connectivity index (χ0) is 28.8. The van der Waals surface area contributed by atoms with Gasteiger partial charge in [0.15, 0.2) is 28.9 Å². The number of nitrogens with one attached hydrogen (secondary N) is 2. The topological polar surface area (TPSA) is 149 Å². The Bertz CT molecular complexity index is 1870. The van der Waals surface area contributed by atoms with Crippen molar-refractivity contribution in [2.24, 2.45) is 5.41 Å². The summed E-state index contributed by atoms with van der Waals surface area (Å²) in [4.78, 5) is 26.3. The molecule has 0 aliphatic rings. The van der Waals surface area contributed by atoms with Gasteiger partial charge in [0.25, 0.3) is 10.0 Å². The number of nitrogens with zero attached hydrogens (tertiary/aromatic N) is 5. The summed E-state index contributed by atoms with van der Waals surface area (Å²) in [5.41, 5.74) is 0.509. The third kappa shape index (κ3) is 5.21. The maximum absolute atomic E-state index is 15.0. The molecular formula is C26H25F2N7O4S. The van der Waals surface area contributed by atoms with Gasteiger partial charge in [0.1, 0.15) is 5.82 Å². The number of aromatic amines is 1. The highest BCUT2D eigenvalue weighted by atomic mass is 32.2. The lowest BCUT2D eigenvalue weighted by molar-refractivity contribution is 0.326. The molecular weight excluding hydrogens is 544 g/mol. The van der Waals surface area contributed by atoms with Gasteiger partial charge in [-0.3, -0.25) is 9.51 Å². The summed E-state index contributed by atoms with van der Waals surface area (Å²) in [6, 6.07) is 6.89. The van der Waals surface area contributed by atoms with E-state index in [1.165, 1.54) is 18.3 Å². The predicted octanol–water partition coefficient (Wildman–Crippen LogP) is 4.06. The summed E-state index contributed by atoms with van der Waals surface area (Å²) in [5.74, 6) is -2.15. The summed E-state index contributed by atoms with van der Waals surface area (Å²) in [6.07, 6.45) is 3.27. The number of hydrogen-bond acceptors (Lipinski definition) is 9. The molecule has 14 heteroatoms. The van der Waals surface area contributed by atoms with Gasteiger partial charge in [-0.05, 0) is 30.5 Å². The van der Waals surface area contributed by atoms with E-state index in [0.717, 1.165) is 28.0 Å². The van der Waals surface area contributed by atoms with Crippen LogP contribution in [0.15, 0.2) is 63.1 Å². The van der Waals surface area contributed by atoms with E-state index in [9.17, 15) is 22.0 Å². The van der Waals surface area contributed by atoms with Gasteiger partial charge in [-0.25, -0.2) is 40.9 Å². The Morgan fingerprint density at radius 2 is 1.85 bits per heavy atom. The molecule has 0 saturated heterocycles. The van der Waals surface area contributed by atoms with Crippen molar-refractivity contribution in [1.29, 1.82) is 0 Å². The van der Waals surface area contributed by atoms with Crippen molar-refractivity contribution >= 4 is 26.9 Å². The van der Waals surface area contributed by atoms with Gasteiger partial charge in [-0.15, -0.1) is 0 Å². The van der Waals surface area contributed by atoms with Crippen LogP contribution in [0.5, 0.6) is 0 Å². The molecule has 0 fully saturated rings. The molecule has 0 aliphatic carbocycles. The van der Waals surface area contributed by atoms with E-state index in [1.807, 2.05) is 27.7 Å². The molecule has 0 spiro atoms. The highest BCUT2D eigenvalue weighted by molar-refractivity contribution is 7.90. The average Bonchev–Trinajstić information content (AvgIpc) is 3.48. The Morgan fingerprint density at radius 1 is 1.12 bits per heavy atom. The van der Waals surface area contributed by atoms with Crippen LogP contribution in [0.4, 0.5) is 14.6 Å². The zero-order valence-electron chi connectivity index (χ0n) is 21.9. The number of pyridine rings is 1. The molecule has 1 atom stereocenters. The third-order valence-corrected chi connectivity index (χ3v) is 8.04. The third-order valence-electron chi connectivity index (χ3n) is 6.38. The molecule has 2 N–H and O–H groups in total. The molecule has 5 rings (SSSR count). The quantitative estimate of drug-likeness (QED) is 0.296. The fourth-order valence-corrected chi connectivity index (χ4v) is 5.44. The molecule has 0 bridgehead atoms. The van der Waals surface area contributed by atoms with Gasteiger partial charge in [0.05, 0.1) is 17.3 Å². The fraction of sp³-hybridized carbons (Fsp3) is 0.269. The lowest BCUT2D eigenvalue weighted by Crippen LogP contribution is -2.37. The van der Waals surface area contributed by atoms with Crippen molar-refractivity contribution in [2.75, 3.05) is 5.32 Å². The number of halogens is 2. The summed E-state index contributed by atoms with van der Waals surface area (Å²) in [7, 11) is -4.13. The first-order valence-corrected chi connectivity index (χ1v) is 13.6. The Labute approximate surface area is 227 Å². The molecule has 4 aromatic heterocycles. The predicted molar refractivity (Wildman–Crippen MR) is 142 cm³/mol. The van der Waals surface area contributed by atoms with Crippen LogP contribution in [0.2, 0.25) is 0 Å². The number of rotatable bonds is 7. The summed E-state index contributed by atoms with van der Waals surface area (Å²) >= 11 is 0. The number of benzene rings is 1. The van der Waals surface area contributed by atoms with Crippen LogP contribution in [-0.4, -0.2) is 43.5 Å². The van der Waals surface area contributed by atoms with Crippen molar-refractivity contribution in [3.05, 3.63) is 82.5 Å². The fourth-order valence-electron chi connectivity index (χ4n) is 4.12. The maximum Gasteiger partial charge on any atom is 0.438 e. The van der Waals surface area contributed by atoms with Crippen LogP contribution in [0, 0.1) is 24.0 Å². The molecule has 40 heavy (non-hydrogen) atoms. The number of H-pyrrole nitrogens is 1. The van der Waals surface area contributed by atoms with Crippen molar-refractivity contribution in [2.45, 2.75) is 45.1 Å². The molecule has 0 saturated carbocycles. The lowest BCUT2D eigenvalue weighted by Gasteiger charge is -2.31. The highest BCUT2D eigenvalue weighted by Gasteiger charge is 2.29. The minimum atomic E-state index is -4.13. The Morgan fingerprint density at radius 3 is 2.50 bits per heavy atom. The van der Waals surface area contributed by atoms with Crippen molar-refractivity contribution in [3.63, 3.8) is 0 Å². The van der Waals surface area contributed by atoms with Gasteiger partial charge in [-0.1, -0.05) is 43.6 Å². The van der Waals surface area contributed by atoms with E-state index < -0.39 is 38.9 Å². The van der Waals surface area contributed by atoms with Gasteiger partial charge in [0, 0.05) is 29.6 Å². The first-order valence-electron chi connectivity index (χ1n) is 12.2. The minimum Gasteiger partial charge on any atom is -0.364 e. The van der Waals surface area contributed by atoms with Crippen molar-refractivity contribution < 1.29 is 21.7 Å². The second-order valence-electron chi connectivity index (χ2n) is 10.4. The normalized spacial score (nSPS) is 13.1. The van der Waals surface area contributed by atoms with Gasteiger partial charge in [0.2, 0.25) is 0 Å². The average molecular weight is 570 g/mol. The summed E-state index contributed by atoms with van der Waals surface area (Å²) in [6.45, 7) is 7.54. The van der Waals surface area contributed by atoms with E-state index >= 15 is 0 Å². The Hall–Kier alpha value is -4.46. The van der Waals surface area contributed by atoms with E-state index in [1.54, 1.807) is 12.1 Å². The van der Waals surface area contributed by atoms with E-state index in [2.05, 4.69) is 34.9 Å². The number of aryl methyl sites for hydroxylation is 1. The van der Waals surface area contributed by atoms with E-state index in [4.69, 9.17) is 0 Å². The number of fused-ring (bicyclic) bond motifs is 1. The molecule has 1 aromatic carbocycles. The number of anilines is 1. The largest absolute Gasteiger partial charge is 0.438 e. The van der Waals surface area contributed by atoms with E-state index in [0.29, 0.717) is 0 Å². The molecule has 0 radical (unpaired) electrons. The van der Waals surface area contributed by atoms with Crippen LogP contribution >= 0.6 is 0 Å². The summed E-state index contributed by atoms with van der Waals surface area (Å²) in [5, 5.41) is 6.85. The standard InChI is InChI=1S/C26H25F2N7O4S/c1-14-5-7-16(8-6-14)40(37,38)35-13-18(17-9-15(27)11-30-24(17)35)22-29-12-19(28)23(33-22)31-20(26(2,3)4)10-21-32-25(36)39-34-21/h5-9,11-13,20H,10H2,1-4H3,(H,29,31,33)(H,32,34,36). The molecule has 0 amide bonds. The lowest BCUT2D eigenvalue weighted by atomic mass is 9.84. The monoisotopic (exact) mass is 569 g/mol. The molecule has 4 heterocycles. The molecule has 11 nitrogen and oxygen atoms in total. The highest BCUT2D eigenvalue weighted by Crippen LogP contribution is 2.32. The SMILES string of the molecule is Cc1ccc(S(=O)(=O)n2cc(-c3ncc(F)c(NC(Cc4noc(=O)[nH]4)C(C)(C)C)n3)c3cc(F)cnc32)cc1. The van der Waals surface area contributed by atoms with Gasteiger partial charge >= 0.3 is 5.76 Å². The Kier molecular flexibility index (Phi) is 6.74. The van der Waals surface area contributed by atoms with Crippen LogP contribution in [0.1, 0.15) is 32.2 Å². The number of hydrogen-bond donors (Lipinski definition) is 2. The Balaban J connectivity index is 1.60. The van der Waals surface area contributed by atoms with Crippen molar-refractivity contribution in [3.8, 4) is 11.4 Å². The first kappa shape index (κ1) is 27.1. The van der Waals surface area contributed by atoms with Gasteiger partial charge < -0.3 is 5.32 Å². The molecule has 1 unspecified atom stereocenters. The molecule has 5 aromatic rings. The smallest absolute Gasteiger partial charge is 0.364 e. The van der Waals surface area contributed by atoms with Crippen molar-refractivity contribution in [1.82, 2.24) is 29.1 Å². The molecule has 208 valence electrons. The number of aromatic nitrogens is 6. The van der Waals surface area contributed by atoms with Gasteiger partial charge in [-0.2, -0.15) is 0 Å². The van der Waals surface area contributed by atoms with E-state index in [-0.39, 0.29) is 45.4 Å².